The van der Waals surface area contributed by atoms with Gasteiger partial charge in [-0.2, -0.15) is 0 Å². The molecule has 3 heteroatoms. The number of benzene rings is 1. The van der Waals surface area contributed by atoms with E-state index in [0.717, 1.165) is 13.1 Å². The SMILES string of the molecule is CC1(C)C2CN(C(=O)c3ccccc3N)CC21. The molecule has 1 amide bonds. The van der Waals surface area contributed by atoms with Crippen molar-refractivity contribution in [3.63, 3.8) is 0 Å². The number of carbonyl (C=O) groups is 1. The van der Waals surface area contributed by atoms with Crippen molar-refractivity contribution in [3.05, 3.63) is 29.8 Å². The maximum absolute atomic E-state index is 12.3. The highest BCUT2D eigenvalue weighted by Gasteiger charge is 2.62. The third-order valence-electron chi connectivity index (χ3n) is 4.60. The molecule has 1 aliphatic carbocycles. The van der Waals surface area contributed by atoms with Gasteiger partial charge in [0.2, 0.25) is 0 Å². The number of amides is 1. The van der Waals surface area contributed by atoms with Crippen LogP contribution in [-0.2, 0) is 0 Å². The van der Waals surface area contributed by atoms with Crippen molar-refractivity contribution in [2.24, 2.45) is 17.3 Å². The highest BCUT2D eigenvalue weighted by molar-refractivity contribution is 5.99. The molecular formula is C14H18N2O. The van der Waals surface area contributed by atoms with E-state index >= 15 is 0 Å². The summed E-state index contributed by atoms with van der Waals surface area (Å²) < 4.78 is 0. The van der Waals surface area contributed by atoms with Crippen molar-refractivity contribution < 1.29 is 4.79 Å². The lowest BCUT2D eigenvalue weighted by Gasteiger charge is -2.22. The van der Waals surface area contributed by atoms with Gasteiger partial charge in [-0.1, -0.05) is 26.0 Å². The van der Waals surface area contributed by atoms with Crippen molar-refractivity contribution >= 4 is 11.6 Å². The zero-order chi connectivity index (χ0) is 12.2. The maximum Gasteiger partial charge on any atom is 0.255 e. The Labute approximate surface area is 102 Å². The van der Waals surface area contributed by atoms with Crippen molar-refractivity contribution in [2.75, 3.05) is 18.8 Å². The number of fused-ring (bicyclic) bond motifs is 1. The van der Waals surface area contributed by atoms with Gasteiger partial charge in [-0.15, -0.1) is 0 Å². The van der Waals surface area contributed by atoms with Crippen molar-refractivity contribution in [1.82, 2.24) is 4.90 Å². The molecule has 2 atom stereocenters. The Hall–Kier alpha value is -1.51. The Morgan fingerprint density at radius 2 is 1.88 bits per heavy atom. The van der Waals surface area contributed by atoms with Crippen LogP contribution in [0.25, 0.3) is 0 Å². The van der Waals surface area contributed by atoms with Gasteiger partial charge in [-0.3, -0.25) is 4.79 Å². The summed E-state index contributed by atoms with van der Waals surface area (Å²) in [5.74, 6) is 1.47. The van der Waals surface area contributed by atoms with Crippen LogP contribution in [0.4, 0.5) is 5.69 Å². The van der Waals surface area contributed by atoms with Crippen LogP contribution in [-0.4, -0.2) is 23.9 Å². The first-order valence-electron chi connectivity index (χ1n) is 6.15. The second-order valence-corrected chi connectivity index (χ2v) is 5.83. The smallest absolute Gasteiger partial charge is 0.255 e. The fourth-order valence-corrected chi connectivity index (χ4v) is 3.16. The van der Waals surface area contributed by atoms with Gasteiger partial charge in [0.1, 0.15) is 0 Å². The summed E-state index contributed by atoms with van der Waals surface area (Å²) in [6, 6.07) is 7.32. The molecule has 2 fully saturated rings. The van der Waals surface area contributed by atoms with Crippen molar-refractivity contribution in [1.29, 1.82) is 0 Å². The molecule has 1 saturated heterocycles. The molecule has 1 aliphatic heterocycles. The van der Waals surface area contributed by atoms with Gasteiger partial charge in [0.25, 0.3) is 5.91 Å². The minimum Gasteiger partial charge on any atom is -0.398 e. The van der Waals surface area contributed by atoms with Crippen LogP contribution in [0.2, 0.25) is 0 Å². The number of para-hydroxylation sites is 1. The van der Waals surface area contributed by atoms with E-state index in [2.05, 4.69) is 13.8 Å². The van der Waals surface area contributed by atoms with Gasteiger partial charge < -0.3 is 10.6 Å². The average molecular weight is 230 g/mol. The standard InChI is InChI=1S/C14H18N2O/c1-14(2)10-7-16(8-11(10)14)13(17)9-5-3-4-6-12(9)15/h3-6,10-11H,7-8,15H2,1-2H3. The Morgan fingerprint density at radius 1 is 1.29 bits per heavy atom. The second-order valence-electron chi connectivity index (χ2n) is 5.83. The number of hydrogen-bond acceptors (Lipinski definition) is 2. The first-order chi connectivity index (χ1) is 8.01. The number of nitrogens with zero attached hydrogens (tertiary/aromatic N) is 1. The number of nitrogens with two attached hydrogens (primary N) is 1. The Kier molecular flexibility index (Phi) is 2.03. The molecule has 1 saturated carbocycles. The van der Waals surface area contributed by atoms with Crippen LogP contribution < -0.4 is 5.73 Å². The number of anilines is 1. The van der Waals surface area contributed by atoms with Gasteiger partial charge in [-0.25, -0.2) is 0 Å². The molecule has 2 aliphatic rings. The maximum atomic E-state index is 12.3. The molecule has 1 aromatic carbocycles. The zero-order valence-corrected chi connectivity index (χ0v) is 10.3. The largest absolute Gasteiger partial charge is 0.398 e. The van der Waals surface area contributed by atoms with E-state index in [-0.39, 0.29) is 5.91 Å². The van der Waals surface area contributed by atoms with Gasteiger partial charge in [0, 0.05) is 18.8 Å². The summed E-state index contributed by atoms with van der Waals surface area (Å²) in [7, 11) is 0. The van der Waals surface area contributed by atoms with Crippen LogP contribution in [0.5, 0.6) is 0 Å². The summed E-state index contributed by atoms with van der Waals surface area (Å²) in [6.45, 7) is 6.37. The predicted molar refractivity (Wildman–Crippen MR) is 67.5 cm³/mol. The molecule has 0 radical (unpaired) electrons. The quantitative estimate of drug-likeness (QED) is 0.750. The molecule has 0 aromatic heterocycles. The predicted octanol–water partition coefficient (Wildman–Crippen LogP) is 2.00. The minimum absolute atomic E-state index is 0.0890. The molecule has 2 unspecified atom stereocenters. The number of carbonyl (C=O) groups excluding carboxylic acids is 1. The second kappa shape index (κ2) is 3.25. The molecule has 0 spiro atoms. The molecule has 1 aromatic rings. The van der Waals surface area contributed by atoms with Crippen molar-refractivity contribution in [2.45, 2.75) is 13.8 Å². The van der Waals surface area contributed by atoms with E-state index in [0.29, 0.717) is 28.5 Å². The minimum atomic E-state index is 0.0890. The highest BCUT2D eigenvalue weighted by atomic mass is 16.2. The molecule has 90 valence electrons. The first-order valence-corrected chi connectivity index (χ1v) is 6.15. The van der Waals surface area contributed by atoms with E-state index in [1.54, 1.807) is 6.07 Å². The summed E-state index contributed by atoms with van der Waals surface area (Å²) in [6.07, 6.45) is 0. The van der Waals surface area contributed by atoms with Crippen LogP contribution in [0.1, 0.15) is 24.2 Å². The lowest BCUT2D eigenvalue weighted by atomic mass is 10.1. The van der Waals surface area contributed by atoms with E-state index in [4.69, 9.17) is 5.73 Å². The zero-order valence-electron chi connectivity index (χ0n) is 10.3. The molecule has 17 heavy (non-hydrogen) atoms. The van der Waals surface area contributed by atoms with E-state index in [1.165, 1.54) is 0 Å². The van der Waals surface area contributed by atoms with Crippen LogP contribution >= 0.6 is 0 Å². The highest BCUT2D eigenvalue weighted by Crippen LogP contribution is 2.62. The molecule has 0 bridgehead atoms. The normalized spacial score (nSPS) is 28.9. The summed E-state index contributed by atoms with van der Waals surface area (Å²) in [4.78, 5) is 14.2. The molecule has 3 rings (SSSR count). The Morgan fingerprint density at radius 3 is 2.47 bits per heavy atom. The third-order valence-corrected chi connectivity index (χ3v) is 4.60. The lowest BCUT2D eigenvalue weighted by molar-refractivity contribution is 0.0759. The third kappa shape index (κ3) is 1.45. The Balaban J connectivity index is 1.76. The number of hydrogen-bond donors (Lipinski definition) is 1. The summed E-state index contributed by atoms with van der Waals surface area (Å²) in [5.41, 5.74) is 7.51. The number of likely N-dealkylation sites (tertiary alicyclic amines) is 1. The van der Waals surface area contributed by atoms with Crippen LogP contribution in [0.3, 0.4) is 0 Å². The first kappa shape index (κ1) is 10.6. The van der Waals surface area contributed by atoms with Crippen LogP contribution in [0, 0.1) is 17.3 Å². The van der Waals surface area contributed by atoms with E-state index in [9.17, 15) is 4.79 Å². The molecule has 3 nitrogen and oxygen atoms in total. The summed E-state index contributed by atoms with van der Waals surface area (Å²) in [5, 5.41) is 0. The fraction of sp³-hybridized carbons (Fsp3) is 0.500. The average Bonchev–Trinajstić information content (AvgIpc) is 2.70. The lowest BCUT2D eigenvalue weighted by Crippen LogP contribution is -2.33. The monoisotopic (exact) mass is 230 g/mol. The van der Waals surface area contributed by atoms with E-state index < -0.39 is 0 Å². The molecule has 2 N–H and O–H groups in total. The van der Waals surface area contributed by atoms with Crippen LogP contribution in [0.15, 0.2) is 24.3 Å². The number of nitrogen functional groups attached to an aromatic ring is 1. The van der Waals surface area contributed by atoms with Gasteiger partial charge >= 0.3 is 0 Å². The van der Waals surface area contributed by atoms with Crippen molar-refractivity contribution in [3.8, 4) is 0 Å². The topological polar surface area (TPSA) is 46.3 Å². The summed E-state index contributed by atoms with van der Waals surface area (Å²) >= 11 is 0. The van der Waals surface area contributed by atoms with E-state index in [1.807, 2.05) is 23.1 Å². The van der Waals surface area contributed by atoms with Gasteiger partial charge in [0.05, 0.1) is 5.56 Å². The molecular weight excluding hydrogens is 212 g/mol. The number of rotatable bonds is 1. The van der Waals surface area contributed by atoms with Gasteiger partial charge in [0.15, 0.2) is 0 Å². The van der Waals surface area contributed by atoms with Gasteiger partial charge in [-0.05, 0) is 29.4 Å². The number of piperidine rings is 1. The molecule has 1 heterocycles. The Bertz CT molecular complexity index is 467. The fourth-order valence-electron chi connectivity index (χ4n) is 3.16.